The molecule has 0 amide bonds. The molecule has 0 saturated carbocycles. The molecular weight excluding hydrogens is 308 g/mol. The van der Waals surface area contributed by atoms with Gasteiger partial charge in [0.2, 0.25) is 10.0 Å². The van der Waals surface area contributed by atoms with Crippen molar-refractivity contribution in [3.63, 3.8) is 0 Å². The molecule has 0 unspecified atom stereocenters. The van der Waals surface area contributed by atoms with Gasteiger partial charge in [-0.05, 0) is 23.8 Å². The minimum atomic E-state index is -3.55. The zero-order valence-electron chi connectivity index (χ0n) is 10.2. The van der Waals surface area contributed by atoms with E-state index < -0.39 is 20.8 Å². The van der Waals surface area contributed by atoms with Crippen LogP contribution < -0.4 is 5.73 Å². The molecule has 1 aliphatic heterocycles. The molecule has 0 radical (unpaired) electrons. The Kier molecular flexibility index (Phi) is 4.62. The van der Waals surface area contributed by atoms with Gasteiger partial charge in [0.25, 0.3) is 0 Å². The second kappa shape index (κ2) is 5.88. The van der Waals surface area contributed by atoms with Gasteiger partial charge in [0.1, 0.15) is 0 Å². The lowest BCUT2D eigenvalue weighted by Gasteiger charge is -2.25. The van der Waals surface area contributed by atoms with Gasteiger partial charge in [-0.1, -0.05) is 11.6 Å². The van der Waals surface area contributed by atoms with Crippen LogP contribution in [0, 0.1) is 0 Å². The van der Waals surface area contributed by atoms with E-state index in [0.29, 0.717) is 22.1 Å². The Bertz CT molecular complexity index is 594. The van der Waals surface area contributed by atoms with Crippen LogP contribution in [0.3, 0.4) is 0 Å². The average Bonchev–Trinajstić information content (AvgIpc) is 2.39. The highest BCUT2D eigenvalue weighted by Crippen LogP contribution is 2.23. The van der Waals surface area contributed by atoms with E-state index in [-0.39, 0.29) is 24.5 Å². The van der Waals surface area contributed by atoms with Crippen molar-refractivity contribution in [1.82, 2.24) is 4.31 Å². The summed E-state index contributed by atoms with van der Waals surface area (Å²) in [5, 5.41) is 0.459. The number of nitrogens with zero attached hydrogens (tertiary/aromatic N) is 1. The third kappa shape index (κ3) is 3.17. The van der Waals surface area contributed by atoms with E-state index in [1.54, 1.807) is 6.07 Å². The molecule has 1 aliphatic rings. The van der Waals surface area contributed by atoms with Crippen LogP contribution >= 0.6 is 11.6 Å². The standard InChI is InChI=1S/C11H15ClN2O3S2/c12-11-2-1-10(7-9(11)8-13)19(16,17)14-3-5-18(15)6-4-14/h1-2,7H,3-6,8,13H2. The van der Waals surface area contributed by atoms with E-state index in [9.17, 15) is 12.6 Å². The third-order valence-electron chi connectivity index (χ3n) is 3.01. The molecule has 1 saturated heterocycles. The summed E-state index contributed by atoms with van der Waals surface area (Å²) >= 11 is 5.92. The monoisotopic (exact) mass is 322 g/mol. The maximum atomic E-state index is 12.4. The van der Waals surface area contributed by atoms with Crippen LogP contribution in [0.2, 0.25) is 5.02 Å². The number of hydrogen-bond donors (Lipinski definition) is 1. The molecule has 1 heterocycles. The first-order valence-electron chi connectivity index (χ1n) is 5.79. The highest BCUT2D eigenvalue weighted by Gasteiger charge is 2.28. The zero-order valence-corrected chi connectivity index (χ0v) is 12.6. The average molecular weight is 323 g/mol. The molecule has 2 N–H and O–H groups in total. The van der Waals surface area contributed by atoms with Gasteiger partial charge in [0.15, 0.2) is 0 Å². The molecule has 1 fully saturated rings. The van der Waals surface area contributed by atoms with E-state index in [2.05, 4.69) is 0 Å². The third-order valence-corrected chi connectivity index (χ3v) is 6.55. The van der Waals surface area contributed by atoms with Crippen LogP contribution in [0.1, 0.15) is 5.56 Å². The second-order valence-electron chi connectivity index (χ2n) is 4.21. The van der Waals surface area contributed by atoms with E-state index in [4.69, 9.17) is 17.3 Å². The zero-order chi connectivity index (χ0) is 14.0. The summed E-state index contributed by atoms with van der Waals surface area (Å²) in [7, 11) is -4.46. The van der Waals surface area contributed by atoms with Gasteiger partial charge < -0.3 is 5.73 Å². The highest BCUT2D eigenvalue weighted by atomic mass is 35.5. The molecule has 0 spiro atoms. The lowest BCUT2D eigenvalue weighted by Crippen LogP contribution is -2.41. The van der Waals surface area contributed by atoms with Crippen molar-refractivity contribution >= 4 is 32.4 Å². The van der Waals surface area contributed by atoms with Crippen LogP contribution in [-0.4, -0.2) is 41.5 Å². The van der Waals surface area contributed by atoms with Crippen LogP contribution in [0.25, 0.3) is 0 Å². The molecular formula is C11H15ClN2O3S2. The fourth-order valence-electron chi connectivity index (χ4n) is 1.88. The summed E-state index contributed by atoms with van der Waals surface area (Å²) in [6, 6.07) is 4.52. The Labute approximate surface area is 120 Å². The molecule has 5 nitrogen and oxygen atoms in total. The Balaban J connectivity index is 2.31. The minimum absolute atomic E-state index is 0.185. The maximum Gasteiger partial charge on any atom is 0.243 e. The SMILES string of the molecule is NCc1cc(S(=O)(=O)N2CCS(=O)CC2)ccc1Cl. The van der Waals surface area contributed by atoms with Crippen molar-refractivity contribution in [2.75, 3.05) is 24.6 Å². The van der Waals surface area contributed by atoms with Gasteiger partial charge in [0, 0.05) is 47.0 Å². The number of benzene rings is 1. The summed E-state index contributed by atoms with van der Waals surface area (Å²) < 4.78 is 37.5. The van der Waals surface area contributed by atoms with Crippen LogP contribution in [0.4, 0.5) is 0 Å². The normalized spacial score (nSPS) is 18.6. The largest absolute Gasteiger partial charge is 0.326 e. The van der Waals surface area contributed by atoms with Crippen molar-refractivity contribution in [1.29, 1.82) is 0 Å². The molecule has 1 aromatic rings. The fourth-order valence-corrected chi connectivity index (χ4v) is 4.85. The first kappa shape index (κ1) is 14.9. The van der Waals surface area contributed by atoms with E-state index >= 15 is 0 Å². The van der Waals surface area contributed by atoms with E-state index in [1.165, 1.54) is 16.4 Å². The smallest absolute Gasteiger partial charge is 0.243 e. The molecule has 1 aromatic carbocycles. The van der Waals surface area contributed by atoms with Gasteiger partial charge in [-0.25, -0.2) is 8.42 Å². The molecule has 0 aliphatic carbocycles. The van der Waals surface area contributed by atoms with Crippen LogP contribution in [0.5, 0.6) is 0 Å². The summed E-state index contributed by atoms with van der Waals surface area (Å²) in [5.74, 6) is 0.771. The molecule has 19 heavy (non-hydrogen) atoms. The van der Waals surface area contributed by atoms with Crippen molar-refractivity contribution < 1.29 is 12.6 Å². The fraction of sp³-hybridized carbons (Fsp3) is 0.455. The quantitative estimate of drug-likeness (QED) is 0.881. The summed E-state index contributed by atoms with van der Waals surface area (Å²) in [5.41, 5.74) is 6.13. The van der Waals surface area contributed by atoms with Gasteiger partial charge >= 0.3 is 0 Å². The number of rotatable bonds is 3. The lowest BCUT2D eigenvalue weighted by atomic mass is 10.2. The molecule has 0 bridgehead atoms. The first-order chi connectivity index (χ1) is 8.95. The van der Waals surface area contributed by atoms with Gasteiger partial charge in [-0.15, -0.1) is 0 Å². The Morgan fingerprint density at radius 2 is 1.95 bits per heavy atom. The Morgan fingerprint density at radius 1 is 1.32 bits per heavy atom. The van der Waals surface area contributed by atoms with E-state index in [0.717, 1.165) is 0 Å². The number of sulfonamides is 1. The van der Waals surface area contributed by atoms with Crippen molar-refractivity contribution in [3.05, 3.63) is 28.8 Å². The topological polar surface area (TPSA) is 80.5 Å². The Hall–Kier alpha value is -0.470. The predicted molar refractivity (Wildman–Crippen MR) is 76.0 cm³/mol. The summed E-state index contributed by atoms with van der Waals surface area (Å²) in [4.78, 5) is 0.185. The van der Waals surface area contributed by atoms with Gasteiger partial charge in [0.05, 0.1) is 4.90 Å². The van der Waals surface area contributed by atoms with Gasteiger partial charge in [-0.2, -0.15) is 4.31 Å². The maximum absolute atomic E-state index is 12.4. The Morgan fingerprint density at radius 3 is 2.53 bits per heavy atom. The van der Waals surface area contributed by atoms with Crippen molar-refractivity contribution in [3.8, 4) is 0 Å². The molecule has 0 atom stereocenters. The van der Waals surface area contributed by atoms with Crippen molar-refractivity contribution in [2.24, 2.45) is 5.73 Å². The summed E-state index contributed by atoms with van der Waals surface area (Å²) in [6.07, 6.45) is 0. The minimum Gasteiger partial charge on any atom is -0.326 e. The lowest BCUT2D eigenvalue weighted by molar-refractivity contribution is 0.438. The van der Waals surface area contributed by atoms with Crippen LogP contribution in [0.15, 0.2) is 23.1 Å². The number of halogens is 1. The number of nitrogens with two attached hydrogens (primary N) is 1. The van der Waals surface area contributed by atoms with E-state index in [1.807, 2.05) is 0 Å². The molecule has 2 rings (SSSR count). The molecule has 106 valence electrons. The molecule has 8 heteroatoms. The highest BCUT2D eigenvalue weighted by molar-refractivity contribution is 7.89. The molecule has 0 aromatic heterocycles. The van der Waals surface area contributed by atoms with Crippen molar-refractivity contribution in [2.45, 2.75) is 11.4 Å². The number of hydrogen-bond acceptors (Lipinski definition) is 4. The van der Waals surface area contributed by atoms with Crippen LogP contribution in [-0.2, 0) is 27.4 Å². The first-order valence-corrected chi connectivity index (χ1v) is 9.09. The second-order valence-corrected chi connectivity index (χ2v) is 8.25. The van der Waals surface area contributed by atoms with Gasteiger partial charge in [-0.3, -0.25) is 4.21 Å². The predicted octanol–water partition coefficient (Wildman–Crippen LogP) is 0.552. The summed E-state index contributed by atoms with van der Waals surface area (Å²) in [6.45, 7) is 0.761.